The first-order chi connectivity index (χ1) is 7.27. The first kappa shape index (κ1) is 11.6. The molecule has 0 aliphatic heterocycles. The van der Waals surface area contributed by atoms with Gasteiger partial charge in [0.25, 0.3) is 0 Å². The average Bonchev–Trinajstić information content (AvgIpc) is 2.72. The highest BCUT2D eigenvalue weighted by Gasteiger charge is 2.07. The van der Waals surface area contributed by atoms with Crippen molar-refractivity contribution >= 4 is 6.09 Å². The number of nitrogens with zero attached hydrogens (tertiary/aromatic N) is 2. The third-order valence-electron chi connectivity index (χ3n) is 1.93. The molecular formula is C10H16N2O3. The number of hydrogen-bond acceptors (Lipinski definition) is 4. The fourth-order valence-corrected chi connectivity index (χ4v) is 1.10. The molecule has 0 bridgehead atoms. The van der Waals surface area contributed by atoms with Crippen LogP contribution >= 0.6 is 0 Å². The predicted molar refractivity (Wildman–Crippen MR) is 55.1 cm³/mol. The molecule has 0 aromatic carbocycles. The van der Waals surface area contributed by atoms with Crippen LogP contribution in [0.3, 0.4) is 0 Å². The lowest BCUT2D eigenvalue weighted by atomic mass is 10.3. The fourth-order valence-electron chi connectivity index (χ4n) is 1.10. The smallest absolute Gasteiger partial charge is 0.434 e. The third-order valence-corrected chi connectivity index (χ3v) is 1.93. The lowest BCUT2D eigenvalue weighted by Gasteiger charge is -2.02. The predicted octanol–water partition coefficient (Wildman–Crippen LogP) is 2.07. The summed E-state index contributed by atoms with van der Waals surface area (Å²) in [5.41, 5.74) is 0. The van der Waals surface area contributed by atoms with E-state index in [0.29, 0.717) is 12.5 Å². The van der Waals surface area contributed by atoms with E-state index in [1.807, 2.05) is 0 Å². The Labute approximate surface area is 89.0 Å². The number of methoxy groups -OCH3 is 1. The highest BCUT2D eigenvalue weighted by Crippen LogP contribution is 2.04. The minimum absolute atomic E-state index is 0.403. The van der Waals surface area contributed by atoms with E-state index in [1.54, 1.807) is 6.07 Å². The second-order valence-corrected chi connectivity index (χ2v) is 3.12. The van der Waals surface area contributed by atoms with E-state index in [4.69, 9.17) is 9.47 Å². The fraction of sp³-hybridized carbons (Fsp3) is 0.600. The minimum Gasteiger partial charge on any atom is -0.480 e. The Morgan fingerprint density at radius 3 is 2.93 bits per heavy atom. The Morgan fingerprint density at radius 2 is 2.33 bits per heavy atom. The molecule has 5 nitrogen and oxygen atoms in total. The maximum Gasteiger partial charge on any atom is 0.434 e. The molecule has 0 saturated heterocycles. The molecule has 1 aromatic heterocycles. The van der Waals surface area contributed by atoms with Crippen LogP contribution in [0.1, 0.15) is 26.2 Å². The van der Waals surface area contributed by atoms with Gasteiger partial charge in [0.2, 0.25) is 5.88 Å². The molecule has 5 heteroatoms. The van der Waals surface area contributed by atoms with Crippen LogP contribution in [-0.2, 0) is 4.74 Å². The van der Waals surface area contributed by atoms with Crippen LogP contribution in [0.5, 0.6) is 5.88 Å². The lowest BCUT2D eigenvalue weighted by Crippen LogP contribution is -2.14. The molecule has 0 N–H and O–H groups in total. The highest BCUT2D eigenvalue weighted by molar-refractivity contribution is 5.69. The normalized spacial score (nSPS) is 10.0. The van der Waals surface area contributed by atoms with Crippen LogP contribution in [0, 0.1) is 0 Å². The molecule has 0 aliphatic carbocycles. The van der Waals surface area contributed by atoms with E-state index < -0.39 is 6.09 Å². The molecule has 0 saturated carbocycles. The zero-order chi connectivity index (χ0) is 11.1. The van der Waals surface area contributed by atoms with Crippen molar-refractivity contribution in [2.75, 3.05) is 13.7 Å². The molecule has 1 heterocycles. The summed E-state index contributed by atoms with van der Waals surface area (Å²) < 4.78 is 11.0. The van der Waals surface area contributed by atoms with Gasteiger partial charge in [0.05, 0.1) is 13.7 Å². The average molecular weight is 212 g/mol. The Kier molecular flexibility index (Phi) is 4.66. The molecule has 0 aliphatic rings. The molecular weight excluding hydrogens is 196 g/mol. The van der Waals surface area contributed by atoms with Gasteiger partial charge in [-0.1, -0.05) is 19.8 Å². The third kappa shape index (κ3) is 3.61. The molecule has 1 rings (SSSR count). The van der Waals surface area contributed by atoms with Crippen LogP contribution in [0.2, 0.25) is 0 Å². The molecule has 84 valence electrons. The van der Waals surface area contributed by atoms with E-state index in [9.17, 15) is 4.79 Å². The molecule has 0 atom stereocenters. The van der Waals surface area contributed by atoms with Gasteiger partial charge in [-0.05, 0) is 6.42 Å². The van der Waals surface area contributed by atoms with E-state index in [1.165, 1.54) is 13.3 Å². The summed E-state index contributed by atoms with van der Waals surface area (Å²) in [5, 5.41) is 3.85. The van der Waals surface area contributed by atoms with Crippen molar-refractivity contribution in [3.63, 3.8) is 0 Å². The highest BCUT2D eigenvalue weighted by atomic mass is 16.6. The van der Waals surface area contributed by atoms with Crippen molar-refractivity contribution in [2.45, 2.75) is 26.2 Å². The Morgan fingerprint density at radius 1 is 1.53 bits per heavy atom. The van der Waals surface area contributed by atoms with Crippen LogP contribution in [-0.4, -0.2) is 29.6 Å². The van der Waals surface area contributed by atoms with Gasteiger partial charge >= 0.3 is 6.09 Å². The molecule has 0 radical (unpaired) electrons. The summed E-state index contributed by atoms with van der Waals surface area (Å²) in [5.74, 6) is 0.403. The van der Waals surface area contributed by atoms with Crippen molar-refractivity contribution in [1.82, 2.24) is 9.78 Å². The molecule has 1 aromatic rings. The topological polar surface area (TPSA) is 53.4 Å². The van der Waals surface area contributed by atoms with Crippen LogP contribution in [0.15, 0.2) is 12.3 Å². The SMILES string of the molecule is CCCCCOC(=O)n1ccc(OC)n1. The lowest BCUT2D eigenvalue weighted by molar-refractivity contribution is 0.141. The summed E-state index contributed by atoms with van der Waals surface area (Å²) in [4.78, 5) is 11.4. The zero-order valence-corrected chi connectivity index (χ0v) is 9.10. The number of unbranched alkanes of at least 4 members (excludes halogenated alkanes) is 2. The number of carbonyl (C=O) groups excluding carboxylic acids is 1. The van der Waals surface area contributed by atoms with Gasteiger partial charge < -0.3 is 9.47 Å². The number of ether oxygens (including phenoxy) is 2. The van der Waals surface area contributed by atoms with E-state index in [-0.39, 0.29) is 0 Å². The van der Waals surface area contributed by atoms with Gasteiger partial charge in [-0.25, -0.2) is 4.79 Å². The first-order valence-corrected chi connectivity index (χ1v) is 5.04. The van der Waals surface area contributed by atoms with E-state index in [2.05, 4.69) is 12.0 Å². The Balaban J connectivity index is 2.33. The Bertz CT molecular complexity index is 309. The molecule has 0 unspecified atom stereocenters. The summed E-state index contributed by atoms with van der Waals surface area (Å²) in [7, 11) is 1.50. The molecule has 0 amide bonds. The van der Waals surface area contributed by atoms with E-state index in [0.717, 1.165) is 23.9 Å². The molecule has 0 fully saturated rings. The molecule has 15 heavy (non-hydrogen) atoms. The quantitative estimate of drug-likeness (QED) is 0.701. The van der Waals surface area contributed by atoms with Gasteiger partial charge in [-0.15, -0.1) is 5.10 Å². The van der Waals surface area contributed by atoms with Crippen LogP contribution in [0.25, 0.3) is 0 Å². The summed E-state index contributed by atoms with van der Waals surface area (Å²) in [6.45, 7) is 2.54. The molecule has 0 spiro atoms. The van der Waals surface area contributed by atoms with Gasteiger partial charge in [0, 0.05) is 12.3 Å². The number of aromatic nitrogens is 2. The van der Waals surface area contributed by atoms with Crippen LogP contribution < -0.4 is 4.74 Å². The Hall–Kier alpha value is -1.52. The van der Waals surface area contributed by atoms with Crippen molar-refractivity contribution in [3.8, 4) is 5.88 Å². The summed E-state index contributed by atoms with van der Waals surface area (Å²) >= 11 is 0. The number of hydrogen-bond donors (Lipinski definition) is 0. The largest absolute Gasteiger partial charge is 0.480 e. The number of carbonyl (C=O) groups is 1. The number of rotatable bonds is 5. The van der Waals surface area contributed by atoms with Crippen molar-refractivity contribution in [3.05, 3.63) is 12.3 Å². The second kappa shape index (κ2) is 6.06. The van der Waals surface area contributed by atoms with Gasteiger partial charge in [-0.2, -0.15) is 4.68 Å². The first-order valence-electron chi connectivity index (χ1n) is 5.04. The minimum atomic E-state index is -0.464. The summed E-state index contributed by atoms with van der Waals surface area (Å²) in [6.07, 6.45) is 4.11. The van der Waals surface area contributed by atoms with Crippen LogP contribution in [0.4, 0.5) is 4.79 Å². The monoisotopic (exact) mass is 212 g/mol. The van der Waals surface area contributed by atoms with Gasteiger partial charge in [0.1, 0.15) is 0 Å². The standard InChI is InChI=1S/C10H16N2O3/c1-3-4-5-8-15-10(13)12-7-6-9(11-12)14-2/h6-7H,3-5,8H2,1-2H3. The summed E-state index contributed by atoms with van der Waals surface area (Å²) in [6, 6.07) is 1.60. The maximum absolute atomic E-state index is 11.4. The second-order valence-electron chi connectivity index (χ2n) is 3.12. The van der Waals surface area contributed by atoms with Crippen molar-refractivity contribution < 1.29 is 14.3 Å². The van der Waals surface area contributed by atoms with Crippen molar-refractivity contribution in [2.24, 2.45) is 0 Å². The van der Waals surface area contributed by atoms with Gasteiger partial charge in [0.15, 0.2) is 0 Å². The van der Waals surface area contributed by atoms with E-state index >= 15 is 0 Å². The van der Waals surface area contributed by atoms with Crippen molar-refractivity contribution in [1.29, 1.82) is 0 Å². The van der Waals surface area contributed by atoms with Gasteiger partial charge in [-0.3, -0.25) is 0 Å². The maximum atomic E-state index is 11.4. The zero-order valence-electron chi connectivity index (χ0n) is 9.10.